The third kappa shape index (κ3) is 3.85. The van der Waals surface area contributed by atoms with Crippen molar-refractivity contribution in [2.24, 2.45) is 5.92 Å². The SMILES string of the molecule is CC(NC(=O)C1Cc2ccccc2N2CCN(c3cnccn3)CC12)c1ccccc1. The molecule has 31 heavy (non-hydrogen) atoms. The van der Waals surface area contributed by atoms with E-state index in [9.17, 15) is 4.79 Å². The number of nitrogens with one attached hydrogen (secondary N) is 1. The number of rotatable bonds is 4. The summed E-state index contributed by atoms with van der Waals surface area (Å²) in [5.74, 6) is 0.861. The standard InChI is InChI=1S/C25H27N5O/c1-18(19-7-3-2-4-8-19)28-25(31)21-15-20-9-5-6-10-22(20)30-14-13-29(17-23(21)30)24-16-26-11-12-27-24/h2-12,16,18,21,23H,13-15,17H2,1H3,(H,28,31). The third-order valence-electron chi connectivity index (χ3n) is 6.49. The molecule has 1 amide bonds. The summed E-state index contributed by atoms with van der Waals surface area (Å²) >= 11 is 0. The van der Waals surface area contributed by atoms with Crippen LogP contribution in [0.3, 0.4) is 0 Å². The maximum absolute atomic E-state index is 13.5. The van der Waals surface area contributed by atoms with E-state index in [-0.39, 0.29) is 23.9 Å². The molecule has 0 aliphatic carbocycles. The molecule has 3 unspecified atom stereocenters. The van der Waals surface area contributed by atoms with Crippen LogP contribution in [0.15, 0.2) is 73.2 Å². The van der Waals surface area contributed by atoms with Gasteiger partial charge in [-0.1, -0.05) is 48.5 Å². The Balaban J connectivity index is 1.42. The van der Waals surface area contributed by atoms with Gasteiger partial charge >= 0.3 is 0 Å². The highest BCUT2D eigenvalue weighted by Gasteiger charge is 2.42. The van der Waals surface area contributed by atoms with E-state index in [4.69, 9.17) is 0 Å². The van der Waals surface area contributed by atoms with E-state index in [0.717, 1.165) is 37.4 Å². The van der Waals surface area contributed by atoms with Gasteiger partial charge in [0.1, 0.15) is 5.82 Å². The summed E-state index contributed by atoms with van der Waals surface area (Å²) in [5.41, 5.74) is 3.62. The molecule has 0 saturated carbocycles. The van der Waals surface area contributed by atoms with E-state index in [1.165, 1.54) is 11.3 Å². The Morgan fingerprint density at radius 2 is 1.87 bits per heavy atom. The van der Waals surface area contributed by atoms with Crippen LogP contribution < -0.4 is 15.1 Å². The van der Waals surface area contributed by atoms with E-state index in [1.807, 2.05) is 18.2 Å². The Labute approximate surface area is 182 Å². The van der Waals surface area contributed by atoms with Crippen molar-refractivity contribution in [2.45, 2.75) is 25.4 Å². The highest BCUT2D eigenvalue weighted by atomic mass is 16.2. The highest BCUT2D eigenvalue weighted by molar-refractivity contribution is 5.82. The zero-order valence-electron chi connectivity index (χ0n) is 17.7. The van der Waals surface area contributed by atoms with Gasteiger partial charge in [-0.3, -0.25) is 9.78 Å². The molecule has 0 spiro atoms. The van der Waals surface area contributed by atoms with E-state index in [1.54, 1.807) is 18.6 Å². The number of aromatic nitrogens is 2. The van der Waals surface area contributed by atoms with Crippen LogP contribution in [-0.2, 0) is 11.2 Å². The van der Waals surface area contributed by atoms with Crippen molar-refractivity contribution in [3.63, 3.8) is 0 Å². The highest BCUT2D eigenvalue weighted by Crippen LogP contribution is 2.36. The molecule has 1 aromatic heterocycles. The lowest BCUT2D eigenvalue weighted by atomic mass is 9.83. The van der Waals surface area contributed by atoms with Crippen LogP contribution >= 0.6 is 0 Å². The lowest BCUT2D eigenvalue weighted by Crippen LogP contribution is -2.61. The average Bonchev–Trinajstić information content (AvgIpc) is 2.84. The summed E-state index contributed by atoms with van der Waals surface area (Å²) in [6.45, 7) is 4.52. The molecule has 2 aliphatic rings. The molecule has 5 rings (SSSR count). The van der Waals surface area contributed by atoms with Gasteiger partial charge in [0.25, 0.3) is 0 Å². The minimum Gasteiger partial charge on any atom is -0.364 e. The lowest BCUT2D eigenvalue weighted by Gasteiger charge is -2.49. The number of benzene rings is 2. The van der Waals surface area contributed by atoms with Crippen LogP contribution in [0.25, 0.3) is 0 Å². The van der Waals surface area contributed by atoms with Gasteiger partial charge in [-0.15, -0.1) is 0 Å². The van der Waals surface area contributed by atoms with E-state index in [0.29, 0.717) is 0 Å². The van der Waals surface area contributed by atoms with Gasteiger partial charge in [-0.05, 0) is 30.5 Å². The molecule has 2 aliphatic heterocycles. The fourth-order valence-electron chi connectivity index (χ4n) is 4.87. The molecule has 1 N–H and O–H groups in total. The van der Waals surface area contributed by atoms with Crippen LogP contribution in [0.4, 0.5) is 11.5 Å². The van der Waals surface area contributed by atoms with Crippen LogP contribution in [0.5, 0.6) is 0 Å². The van der Waals surface area contributed by atoms with Crippen molar-refractivity contribution in [1.29, 1.82) is 0 Å². The summed E-state index contributed by atoms with van der Waals surface area (Å²) < 4.78 is 0. The van der Waals surface area contributed by atoms with Gasteiger partial charge in [0.15, 0.2) is 0 Å². The predicted molar refractivity (Wildman–Crippen MR) is 122 cm³/mol. The number of hydrogen-bond acceptors (Lipinski definition) is 5. The Morgan fingerprint density at radius 1 is 1.06 bits per heavy atom. The van der Waals surface area contributed by atoms with Crippen molar-refractivity contribution < 1.29 is 4.79 Å². The molecular weight excluding hydrogens is 386 g/mol. The zero-order valence-corrected chi connectivity index (χ0v) is 17.7. The summed E-state index contributed by atoms with van der Waals surface area (Å²) in [5, 5.41) is 3.27. The first-order valence-corrected chi connectivity index (χ1v) is 10.9. The van der Waals surface area contributed by atoms with Crippen LogP contribution in [0.1, 0.15) is 24.1 Å². The minimum atomic E-state index is -0.125. The number of fused-ring (bicyclic) bond motifs is 3. The van der Waals surface area contributed by atoms with Gasteiger partial charge in [0.2, 0.25) is 5.91 Å². The van der Waals surface area contributed by atoms with Crippen molar-refractivity contribution in [3.8, 4) is 0 Å². The summed E-state index contributed by atoms with van der Waals surface area (Å²) in [4.78, 5) is 26.9. The second kappa shape index (κ2) is 8.38. The third-order valence-corrected chi connectivity index (χ3v) is 6.49. The number of amides is 1. The van der Waals surface area contributed by atoms with Gasteiger partial charge in [-0.25, -0.2) is 4.98 Å². The first-order chi connectivity index (χ1) is 15.2. The van der Waals surface area contributed by atoms with Crippen molar-refractivity contribution in [3.05, 3.63) is 84.3 Å². The molecule has 2 aromatic carbocycles. The smallest absolute Gasteiger partial charge is 0.226 e. The predicted octanol–water partition coefficient (Wildman–Crippen LogP) is 3.22. The molecule has 0 bridgehead atoms. The Morgan fingerprint density at radius 3 is 2.68 bits per heavy atom. The molecule has 3 aromatic rings. The Bertz CT molecular complexity index is 1040. The zero-order chi connectivity index (χ0) is 21.2. The van der Waals surface area contributed by atoms with Crippen LogP contribution in [-0.4, -0.2) is 41.6 Å². The van der Waals surface area contributed by atoms with Crippen molar-refractivity contribution in [1.82, 2.24) is 15.3 Å². The van der Waals surface area contributed by atoms with Gasteiger partial charge < -0.3 is 15.1 Å². The summed E-state index contributed by atoms with van der Waals surface area (Å²) in [6.07, 6.45) is 5.97. The number of hydrogen-bond donors (Lipinski definition) is 1. The van der Waals surface area contributed by atoms with Crippen molar-refractivity contribution in [2.75, 3.05) is 29.4 Å². The molecular formula is C25H27N5O. The number of piperazine rings is 1. The fourth-order valence-corrected chi connectivity index (χ4v) is 4.87. The Hall–Kier alpha value is -3.41. The fraction of sp³-hybridized carbons (Fsp3) is 0.320. The molecule has 3 atom stereocenters. The number of para-hydroxylation sites is 1. The van der Waals surface area contributed by atoms with Gasteiger partial charge in [-0.2, -0.15) is 0 Å². The molecule has 6 heteroatoms. The second-order valence-corrected chi connectivity index (χ2v) is 8.35. The first kappa shape index (κ1) is 19.5. The monoisotopic (exact) mass is 413 g/mol. The normalized spacial score (nSPS) is 21.1. The molecule has 0 radical (unpaired) electrons. The lowest BCUT2D eigenvalue weighted by molar-refractivity contribution is -0.126. The number of carbonyl (C=O) groups is 1. The summed E-state index contributed by atoms with van der Waals surface area (Å²) in [7, 11) is 0. The quantitative estimate of drug-likeness (QED) is 0.712. The largest absolute Gasteiger partial charge is 0.364 e. The molecule has 6 nitrogen and oxygen atoms in total. The second-order valence-electron chi connectivity index (χ2n) is 8.35. The van der Waals surface area contributed by atoms with Crippen LogP contribution in [0, 0.1) is 5.92 Å². The topological polar surface area (TPSA) is 61.4 Å². The summed E-state index contributed by atoms with van der Waals surface area (Å²) in [6, 6.07) is 18.7. The molecule has 1 fully saturated rings. The van der Waals surface area contributed by atoms with Crippen molar-refractivity contribution >= 4 is 17.4 Å². The van der Waals surface area contributed by atoms with E-state index in [2.05, 4.69) is 68.4 Å². The first-order valence-electron chi connectivity index (χ1n) is 10.9. The number of nitrogens with zero attached hydrogens (tertiary/aromatic N) is 4. The molecule has 158 valence electrons. The molecule has 1 saturated heterocycles. The minimum absolute atomic E-state index is 0.0287. The number of carbonyl (C=O) groups excluding carboxylic acids is 1. The Kier molecular flexibility index (Phi) is 5.28. The average molecular weight is 414 g/mol. The van der Waals surface area contributed by atoms with E-state index >= 15 is 0 Å². The number of anilines is 2. The van der Waals surface area contributed by atoms with Crippen LogP contribution in [0.2, 0.25) is 0 Å². The van der Waals surface area contributed by atoms with E-state index < -0.39 is 0 Å². The maximum Gasteiger partial charge on any atom is 0.226 e. The van der Waals surface area contributed by atoms with Gasteiger partial charge in [0.05, 0.1) is 24.2 Å². The maximum atomic E-state index is 13.5. The van der Waals surface area contributed by atoms with Gasteiger partial charge in [0, 0.05) is 37.7 Å². The molecule has 3 heterocycles.